The van der Waals surface area contributed by atoms with Gasteiger partial charge >= 0.3 is 5.97 Å². The summed E-state index contributed by atoms with van der Waals surface area (Å²) in [5.74, 6) is -0.918. The highest BCUT2D eigenvalue weighted by Crippen LogP contribution is 2.22. The van der Waals surface area contributed by atoms with E-state index in [-0.39, 0.29) is 5.69 Å². The average molecular weight is 421 g/mol. The van der Waals surface area contributed by atoms with Crippen LogP contribution in [0.5, 0.6) is 0 Å². The number of aromatic nitrogens is 2. The van der Waals surface area contributed by atoms with Crippen molar-refractivity contribution in [2.45, 2.75) is 27.3 Å². The van der Waals surface area contributed by atoms with Gasteiger partial charge in [-0.1, -0.05) is 25.4 Å². The predicted octanol–water partition coefficient (Wildman–Crippen LogP) is 3.60. The van der Waals surface area contributed by atoms with Gasteiger partial charge in [0.2, 0.25) is 0 Å². The molecule has 1 aromatic heterocycles. The van der Waals surface area contributed by atoms with Crippen molar-refractivity contribution in [3.8, 4) is 0 Å². The van der Waals surface area contributed by atoms with Crippen LogP contribution in [-0.2, 0) is 20.9 Å². The standard InChI is InChI=1S/C19H21ClN4O5/c1-12(2)10-23-19(20)16(13(3)22-23)8-9-18(26)29-11-17(25)21-14-4-6-15(7-5-14)24(27)28/h4-9,12H,10-11H2,1-3H3,(H,21,25)/b9-8+. The lowest BCUT2D eigenvalue weighted by atomic mass is 10.2. The molecular formula is C19H21ClN4O5. The number of rotatable bonds is 8. The summed E-state index contributed by atoms with van der Waals surface area (Å²) in [6.07, 6.45) is 2.67. The van der Waals surface area contributed by atoms with Crippen molar-refractivity contribution in [1.82, 2.24) is 9.78 Å². The second-order valence-electron chi connectivity index (χ2n) is 6.66. The molecule has 1 amide bonds. The van der Waals surface area contributed by atoms with Crippen molar-refractivity contribution >= 4 is 40.9 Å². The van der Waals surface area contributed by atoms with Gasteiger partial charge in [-0.15, -0.1) is 0 Å². The normalized spacial score (nSPS) is 11.1. The zero-order chi connectivity index (χ0) is 21.6. The number of non-ortho nitro benzene ring substituents is 1. The molecule has 29 heavy (non-hydrogen) atoms. The van der Waals surface area contributed by atoms with Crippen molar-refractivity contribution in [3.05, 3.63) is 56.9 Å². The number of esters is 1. The zero-order valence-corrected chi connectivity index (χ0v) is 17.0. The third-order valence-corrected chi connectivity index (χ3v) is 4.14. The van der Waals surface area contributed by atoms with Gasteiger partial charge in [0.05, 0.1) is 10.6 Å². The highest BCUT2D eigenvalue weighted by atomic mass is 35.5. The minimum absolute atomic E-state index is 0.0924. The minimum atomic E-state index is -0.712. The van der Waals surface area contributed by atoms with Gasteiger partial charge in [0.25, 0.3) is 11.6 Å². The van der Waals surface area contributed by atoms with E-state index in [0.29, 0.717) is 34.6 Å². The highest BCUT2D eigenvalue weighted by molar-refractivity contribution is 6.31. The molecule has 0 bridgehead atoms. The van der Waals surface area contributed by atoms with Crippen molar-refractivity contribution in [1.29, 1.82) is 0 Å². The lowest BCUT2D eigenvalue weighted by molar-refractivity contribution is -0.384. The Labute approximate surface area is 172 Å². The summed E-state index contributed by atoms with van der Waals surface area (Å²) in [4.78, 5) is 33.8. The monoisotopic (exact) mass is 420 g/mol. The smallest absolute Gasteiger partial charge is 0.331 e. The van der Waals surface area contributed by atoms with E-state index < -0.39 is 23.4 Å². The number of aryl methyl sites for hydroxylation is 1. The van der Waals surface area contributed by atoms with E-state index in [0.717, 1.165) is 0 Å². The maximum atomic E-state index is 11.9. The molecule has 0 aliphatic heterocycles. The van der Waals surface area contributed by atoms with E-state index in [9.17, 15) is 19.7 Å². The van der Waals surface area contributed by atoms with Gasteiger partial charge < -0.3 is 10.1 Å². The Morgan fingerprint density at radius 2 is 2.00 bits per heavy atom. The molecule has 0 spiro atoms. The maximum absolute atomic E-state index is 11.9. The van der Waals surface area contributed by atoms with Crippen LogP contribution in [0.25, 0.3) is 6.08 Å². The largest absolute Gasteiger partial charge is 0.452 e. The van der Waals surface area contributed by atoms with Gasteiger partial charge in [0.15, 0.2) is 6.61 Å². The quantitative estimate of drug-likeness (QED) is 0.302. The van der Waals surface area contributed by atoms with Crippen LogP contribution in [-0.4, -0.2) is 33.2 Å². The second-order valence-corrected chi connectivity index (χ2v) is 7.02. The molecule has 1 N–H and O–H groups in total. The molecule has 0 unspecified atom stereocenters. The van der Waals surface area contributed by atoms with Gasteiger partial charge in [0, 0.05) is 36.0 Å². The molecule has 0 radical (unpaired) electrons. The minimum Gasteiger partial charge on any atom is -0.452 e. The molecule has 0 saturated carbocycles. The van der Waals surface area contributed by atoms with E-state index in [2.05, 4.69) is 10.4 Å². The number of anilines is 1. The molecule has 0 atom stereocenters. The number of ether oxygens (including phenoxy) is 1. The molecule has 2 aromatic rings. The lowest BCUT2D eigenvalue weighted by Crippen LogP contribution is -2.20. The third kappa shape index (κ3) is 6.42. The Bertz CT molecular complexity index is 935. The molecule has 1 aromatic carbocycles. The average Bonchev–Trinajstić information content (AvgIpc) is 2.91. The van der Waals surface area contributed by atoms with Crippen molar-refractivity contribution in [2.75, 3.05) is 11.9 Å². The fourth-order valence-corrected chi connectivity index (χ4v) is 2.73. The maximum Gasteiger partial charge on any atom is 0.331 e. The molecule has 0 aliphatic carbocycles. The fourth-order valence-electron chi connectivity index (χ4n) is 2.42. The summed E-state index contributed by atoms with van der Waals surface area (Å²) in [7, 11) is 0. The first kappa shape index (κ1) is 22.1. The number of carbonyl (C=O) groups is 2. The topological polar surface area (TPSA) is 116 Å². The number of nitro benzene ring substituents is 1. The number of nitrogens with one attached hydrogen (secondary N) is 1. The van der Waals surface area contributed by atoms with Crippen LogP contribution in [0.1, 0.15) is 25.1 Å². The van der Waals surface area contributed by atoms with Gasteiger partial charge in [-0.25, -0.2) is 4.79 Å². The molecule has 2 rings (SSSR count). The molecule has 10 heteroatoms. The molecule has 0 saturated heterocycles. The van der Waals surface area contributed by atoms with E-state index in [4.69, 9.17) is 16.3 Å². The summed E-state index contributed by atoms with van der Waals surface area (Å²) in [6, 6.07) is 5.29. The van der Waals surface area contributed by atoms with Crippen LogP contribution in [0.15, 0.2) is 30.3 Å². The second kappa shape index (κ2) is 9.83. The summed E-state index contributed by atoms with van der Waals surface area (Å²) in [5, 5.41) is 17.9. The molecule has 9 nitrogen and oxygen atoms in total. The van der Waals surface area contributed by atoms with E-state index in [1.54, 1.807) is 11.6 Å². The summed E-state index contributed by atoms with van der Waals surface area (Å²) >= 11 is 6.30. The first-order chi connectivity index (χ1) is 13.7. The lowest BCUT2D eigenvalue weighted by Gasteiger charge is -2.05. The number of amides is 1. The Morgan fingerprint density at radius 1 is 1.34 bits per heavy atom. The van der Waals surface area contributed by atoms with E-state index in [1.807, 2.05) is 13.8 Å². The third-order valence-electron chi connectivity index (χ3n) is 3.74. The van der Waals surface area contributed by atoms with Crippen LogP contribution in [0, 0.1) is 23.0 Å². The van der Waals surface area contributed by atoms with Gasteiger partial charge in [-0.3, -0.25) is 19.6 Å². The number of nitro groups is 1. The Kier molecular flexibility index (Phi) is 7.49. The van der Waals surface area contributed by atoms with E-state index in [1.165, 1.54) is 36.4 Å². The van der Waals surface area contributed by atoms with E-state index >= 15 is 0 Å². The van der Waals surface area contributed by atoms with Crippen LogP contribution < -0.4 is 5.32 Å². The molecule has 0 fully saturated rings. The summed E-state index contributed by atoms with van der Waals surface area (Å²) in [5.41, 5.74) is 1.55. The summed E-state index contributed by atoms with van der Waals surface area (Å²) in [6.45, 7) is 6.02. The van der Waals surface area contributed by atoms with Crippen molar-refractivity contribution in [3.63, 3.8) is 0 Å². The first-order valence-corrected chi connectivity index (χ1v) is 9.17. The number of halogens is 1. The Morgan fingerprint density at radius 3 is 2.59 bits per heavy atom. The molecule has 0 aliphatic rings. The Balaban J connectivity index is 1.88. The van der Waals surface area contributed by atoms with Crippen LogP contribution in [0.2, 0.25) is 5.15 Å². The number of nitrogens with zero attached hydrogens (tertiary/aromatic N) is 3. The molecule has 1 heterocycles. The number of benzene rings is 1. The van der Waals surface area contributed by atoms with Crippen molar-refractivity contribution < 1.29 is 19.2 Å². The Hall–Kier alpha value is -3.20. The predicted molar refractivity (Wildman–Crippen MR) is 109 cm³/mol. The highest BCUT2D eigenvalue weighted by Gasteiger charge is 2.13. The van der Waals surface area contributed by atoms with Crippen molar-refractivity contribution in [2.24, 2.45) is 5.92 Å². The fraction of sp³-hybridized carbons (Fsp3) is 0.316. The number of carbonyl (C=O) groups excluding carboxylic acids is 2. The van der Waals surface area contributed by atoms with Crippen LogP contribution >= 0.6 is 11.6 Å². The zero-order valence-electron chi connectivity index (χ0n) is 16.2. The first-order valence-electron chi connectivity index (χ1n) is 8.79. The number of hydrogen-bond donors (Lipinski definition) is 1. The summed E-state index contributed by atoms with van der Waals surface area (Å²) < 4.78 is 6.57. The van der Waals surface area contributed by atoms with Gasteiger partial charge in [-0.05, 0) is 31.1 Å². The molecule has 154 valence electrons. The van der Waals surface area contributed by atoms with Crippen LogP contribution in [0.3, 0.4) is 0 Å². The SMILES string of the molecule is Cc1nn(CC(C)C)c(Cl)c1/C=C/C(=O)OCC(=O)Nc1ccc([N+](=O)[O-])cc1. The number of hydrogen-bond acceptors (Lipinski definition) is 6. The van der Waals surface area contributed by atoms with Crippen LogP contribution in [0.4, 0.5) is 11.4 Å². The molecular weight excluding hydrogens is 400 g/mol. The van der Waals surface area contributed by atoms with Gasteiger partial charge in [-0.2, -0.15) is 5.10 Å². The van der Waals surface area contributed by atoms with Gasteiger partial charge in [0.1, 0.15) is 5.15 Å².